The fourth-order valence-electron chi connectivity index (χ4n) is 1.23. The number of nitro groups is 1. The molecule has 1 unspecified atom stereocenters. The quantitative estimate of drug-likeness (QED) is 0.532. The van der Waals surface area contributed by atoms with E-state index in [0.29, 0.717) is 0 Å². The molecule has 0 spiro atoms. The molecule has 3 N–H and O–H groups in total. The topological polar surface area (TPSA) is 125 Å². The standard InChI is InChI=1S/C10H13N3O5/c1-3-10(2,9(15)16)12-8(14)6-4-5-7(11-6)13(17)18/h4-5,11H,3H2,1-2H3,(H,12,14)(H,15,16). The van der Waals surface area contributed by atoms with Gasteiger partial charge in [-0.1, -0.05) is 6.92 Å². The number of aromatic amines is 1. The zero-order chi connectivity index (χ0) is 13.9. The molecular weight excluding hydrogens is 242 g/mol. The van der Waals surface area contributed by atoms with Crippen LogP contribution in [0.4, 0.5) is 5.82 Å². The molecule has 1 aromatic rings. The van der Waals surface area contributed by atoms with Gasteiger partial charge in [0.2, 0.25) is 0 Å². The summed E-state index contributed by atoms with van der Waals surface area (Å²) in [6, 6.07) is 2.37. The lowest BCUT2D eigenvalue weighted by atomic mass is 9.99. The maximum Gasteiger partial charge on any atom is 0.329 e. The number of aromatic nitrogens is 1. The Bertz CT molecular complexity index is 495. The first-order chi connectivity index (χ1) is 8.30. The van der Waals surface area contributed by atoms with Crippen LogP contribution in [0.2, 0.25) is 0 Å². The van der Waals surface area contributed by atoms with Crippen LogP contribution in [0.5, 0.6) is 0 Å². The van der Waals surface area contributed by atoms with E-state index in [-0.39, 0.29) is 17.9 Å². The van der Waals surface area contributed by atoms with E-state index >= 15 is 0 Å². The zero-order valence-electron chi connectivity index (χ0n) is 9.89. The van der Waals surface area contributed by atoms with E-state index < -0.39 is 22.3 Å². The predicted octanol–water partition coefficient (Wildman–Crippen LogP) is 0.906. The lowest BCUT2D eigenvalue weighted by Gasteiger charge is -2.23. The lowest BCUT2D eigenvalue weighted by molar-refractivity contribution is -0.389. The van der Waals surface area contributed by atoms with Crippen LogP contribution >= 0.6 is 0 Å². The van der Waals surface area contributed by atoms with Gasteiger partial charge in [0.05, 0.1) is 0 Å². The number of nitrogens with one attached hydrogen (secondary N) is 2. The van der Waals surface area contributed by atoms with Gasteiger partial charge in [-0.3, -0.25) is 4.79 Å². The molecule has 98 valence electrons. The maximum absolute atomic E-state index is 11.7. The normalized spacial score (nSPS) is 13.7. The summed E-state index contributed by atoms with van der Waals surface area (Å²) in [4.78, 5) is 34.8. The van der Waals surface area contributed by atoms with E-state index in [1.165, 1.54) is 13.0 Å². The molecule has 8 nitrogen and oxygen atoms in total. The Kier molecular flexibility index (Phi) is 3.70. The second kappa shape index (κ2) is 4.86. The monoisotopic (exact) mass is 255 g/mol. The molecule has 1 atom stereocenters. The number of amides is 1. The van der Waals surface area contributed by atoms with Gasteiger partial charge in [-0.05, 0) is 24.3 Å². The molecule has 1 amide bonds. The molecule has 8 heteroatoms. The van der Waals surface area contributed by atoms with E-state index in [1.54, 1.807) is 6.92 Å². The van der Waals surface area contributed by atoms with Gasteiger partial charge in [-0.15, -0.1) is 0 Å². The van der Waals surface area contributed by atoms with Crippen molar-refractivity contribution in [1.82, 2.24) is 10.3 Å². The third-order valence-corrected chi connectivity index (χ3v) is 2.68. The minimum absolute atomic E-state index is 0.0531. The summed E-state index contributed by atoms with van der Waals surface area (Å²) in [5, 5.41) is 21.7. The van der Waals surface area contributed by atoms with E-state index in [0.717, 1.165) is 6.07 Å². The van der Waals surface area contributed by atoms with Gasteiger partial charge in [0.25, 0.3) is 5.91 Å². The molecular formula is C10H13N3O5. The fourth-order valence-corrected chi connectivity index (χ4v) is 1.23. The number of carboxylic acid groups (broad SMARTS) is 1. The summed E-state index contributed by atoms with van der Waals surface area (Å²) in [6.07, 6.45) is 0.191. The maximum atomic E-state index is 11.7. The van der Waals surface area contributed by atoms with Crippen LogP contribution in [0.3, 0.4) is 0 Å². The first-order valence-electron chi connectivity index (χ1n) is 5.19. The summed E-state index contributed by atoms with van der Waals surface area (Å²) in [6.45, 7) is 2.98. The van der Waals surface area contributed by atoms with Crippen molar-refractivity contribution in [2.24, 2.45) is 0 Å². The Hall–Kier alpha value is -2.38. The van der Waals surface area contributed by atoms with Crippen molar-refractivity contribution in [3.63, 3.8) is 0 Å². The van der Waals surface area contributed by atoms with Gasteiger partial charge < -0.3 is 20.5 Å². The second-order valence-corrected chi connectivity index (χ2v) is 3.96. The van der Waals surface area contributed by atoms with Gasteiger partial charge in [-0.25, -0.2) is 9.78 Å². The van der Waals surface area contributed by atoms with Crippen LogP contribution in [0.15, 0.2) is 12.1 Å². The van der Waals surface area contributed by atoms with Crippen molar-refractivity contribution in [2.45, 2.75) is 25.8 Å². The fraction of sp³-hybridized carbons (Fsp3) is 0.400. The minimum atomic E-state index is -1.41. The molecule has 0 aromatic carbocycles. The van der Waals surface area contributed by atoms with Crippen molar-refractivity contribution in [1.29, 1.82) is 0 Å². The molecule has 0 bridgehead atoms. The van der Waals surface area contributed by atoms with Crippen LogP contribution in [0, 0.1) is 10.1 Å². The minimum Gasteiger partial charge on any atom is -0.480 e. The Morgan fingerprint density at radius 1 is 1.56 bits per heavy atom. The highest BCUT2D eigenvalue weighted by Crippen LogP contribution is 2.13. The summed E-state index contributed by atoms with van der Waals surface area (Å²) < 4.78 is 0. The van der Waals surface area contributed by atoms with Crippen LogP contribution in [0.25, 0.3) is 0 Å². The van der Waals surface area contributed by atoms with E-state index in [4.69, 9.17) is 5.11 Å². The molecule has 0 radical (unpaired) electrons. The van der Waals surface area contributed by atoms with Gasteiger partial charge >= 0.3 is 11.8 Å². The third-order valence-electron chi connectivity index (χ3n) is 2.68. The molecule has 0 aliphatic rings. The largest absolute Gasteiger partial charge is 0.480 e. The number of rotatable bonds is 5. The lowest BCUT2D eigenvalue weighted by Crippen LogP contribution is -2.51. The molecule has 1 aromatic heterocycles. The van der Waals surface area contributed by atoms with Crippen molar-refractivity contribution >= 4 is 17.7 Å². The van der Waals surface area contributed by atoms with Gasteiger partial charge in [0.15, 0.2) is 5.69 Å². The van der Waals surface area contributed by atoms with Gasteiger partial charge in [0.1, 0.15) is 5.54 Å². The van der Waals surface area contributed by atoms with E-state index in [1.807, 2.05) is 0 Å². The average Bonchev–Trinajstić information content (AvgIpc) is 2.77. The number of nitrogens with zero attached hydrogens (tertiary/aromatic N) is 1. The number of hydrogen-bond donors (Lipinski definition) is 3. The molecule has 1 heterocycles. The average molecular weight is 255 g/mol. The van der Waals surface area contributed by atoms with Crippen LogP contribution in [0.1, 0.15) is 30.8 Å². The Morgan fingerprint density at radius 2 is 2.17 bits per heavy atom. The summed E-state index contributed by atoms with van der Waals surface area (Å²) >= 11 is 0. The molecule has 18 heavy (non-hydrogen) atoms. The second-order valence-electron chi connectivity index (χ2n) is 3.96. The number of hydrogen-bond acceptors (Lipinski definition) is 4. The Labute approximate surface area is 102 Å². The first kappa shape index (κ1) is 13.7. The SMILES string of the molecule is CCC(C)(NC(=O)c1ccc([N+](=O)[O-])[nH]1)C(=O)O. The number of carboxylic acids is 1. The summed E-state index contributed by atoms with van der Waals surface area (Å²) in [5.74, 6) is -2.19. The molecule has 0 saturated heterocycles. The number of aliphatic carboxylic acids is 1. The van der Waals surface area contributed by atoms with Crippen molar-refractivity contribution in [3.05, 3.63) is 27.9 Å². The summed E-state index contributed by atoms with van der Waals surface area (Å²) in [5.41, 5.74) is -1.46. The third kappa shape index (κ3) is 2.65. The molecule has 0 fully saturated rings. The molecule has 0 aliphatic carbocycles. The highest BCUT2D eigenvalue weighted by atomic mass is 16.6. The highest BCUT2D eigenvalue weighted by molar-refractivity contribution is 5.96. The van der Waals surface area contributed by atoms with E-state index in [9.17, 15) is 19.7 Å². The Morgan fingerprint density at radius 3 is 2.56 bits per heavy atom. The highest BCUT2D eigenvalue weighted by Gasteiger charge is 2.34. The number of carbonyl (C=O) groups excluding carboxylic acids is 1. The zero-order valence-corrected chi connectivity index (χ0v) is 9.89. The van der Waals surface area contributed by atoms with Crippen molar-refractivity contribution in [3.8, 4) is 0 Å². The predicted molar refractivity (Wildman–Crippen MR) is 61.2 cm³/mol. The molecule has 0 aliphatic heterocycles. The smallest absolute Gasteiger partial charge is 0.329 e. The van der Waals surface area contributed by atoms with Crippen LogP contribution in [-0.2, 0) is 4.79 Å². The number of carbonyl (C=O) groups is 2. The Balaban J connectivity index is 2.88. The number of H-pyrrole nitrogens is 1. The molecule has 1 rings (SSSR count). The first-order valence-corrected chi connectivity index (χ1v) is 5.19. The van der Waals surface area contributed by atoms with Gasteiger partial charge in [-0.2, -0.15) is 0 Å². The summed E-state index contributed by atoms with van der Waals surface area (Å²) in [7, 11) is 0. The van der Waals surface area contributed by atoms with Crippen LogP contribution in [-0.4, -0.2) is 32.4 Å². The van der Waals surface area contributed by atoms with Gasteiger partial charge in [0, 0.05) is 6.07 Å². The molecule has 0 saturated carbocycles. The van der Waals surface area contributed by atoms with E-state index in [2.05, 4.69) is 10.3 Å². The van der Waals surface area contributed by atoms with Crippen molar-refractivity contribution in [2.75, 3.05) is 0 Å². The van der Waals surface area contributed by atoms with Crippen molar-refractivity contribution < 1.29 is 19.6 Å². The van der Waals surface area contributed by atoms with Crippen LogP contribution < -0.4 is 5.32 Å².